The zero-order chi connectivity index (χ0) is 28.1. The van der Waals surface area contributed by atoms with Crippen molar-refractivity contribution >= 4 is 23.1 Å². The molecule has 1 aliphatic rings. The molecule has 2 aromatic heterocycles. The van der Waals surface area contributed by atoms with Crippen LogP contribution >= 0.6 is 0 Å². The number of nitrogens with two attached hydrogens (primary N) is 1. The maximum absolute atomic E-state index is 14.8. The molecule has 13 heteroatoms. The number of halogens is 5. The predicted octanol–water partition coefficient (Wildman–Crippen LogP) is 4.04. The molecular weight excluding hydrogens is 523 g/mol. The Morgan fingerprint density at radius 2 is 1.82 bits per heavy atom. The van der Waals surface area contributed by atoms with Gasteiger partial charge in [-0.25, -0.2) is 18.3 Å². The van der Waals surface area contributed by atoms with Crippen molar-refractivity contribution in [3.63, 3.8) is 0 Å². The lowest BCUT2D eigenvalue weighted by Gasteiger charge is -2.18. The summed E-state index contributed by atoms with van der Waals surface area (Å²) in [4.78, 5) is 30.6. The molecule has 1 saturated heterocycles. The number of likely N-dealkylation sites (tertiary alicyclic amines) is 1. The molecular formula is C26H21F5N6O2. The number of carbonyl (C=O) groups is 2. The molecule has 0 unspecified atom stereocenters. The van der Waals surface area contributed by atoms with E-state index in [1.807, 2.05) is 0 Å². The van der Waals surface area contributed by atoms with E-state index in [4.69, 9.17) is 5.73 Å². The topological polar surface area (TPSA) is 106 Å². The van der Waals surface area contributed by atoms with Gasteiger partial charge in [0.05, 0.1) is 29.4 Å². The first-order valence-corrected chi connectivity index (χ1v) is 11.7. The van der Waals surface area contributed by atoms with Crippen LogP contribution in [0.5, 0.6) is 0 Å². The van der Waals surface area contributed by atoms with E-state index >= 15 is 0 Å². The van der Waals surface area contributed by atoms with Crippen LogP contribution in [-0.4, -0.2) is 56.6 Å². The van der Waals surface area contributed by atoms with Crippen LogP contribution in [0.15, 0.2) is 54.9 Å². The van der Waals surface area contributed by atoms with E-state index in [1.165, 1.54) is 36.4 Å². The summed E-state index contributed by atoms with van der Waals surface area (Å²) in [6.45, 7) is 1.09. The van der Waals surface area contributed by atoms with Crippen molar-refractivity contribution in [2.24, 2.45) is 0 Å². The molecule has 5 rings (SSSR count). The summed E-state index contributed by atoms with van der Waals surface area (Å²) in [5.74, 6) is -2.49. The third-order valence-corrected chi connectivity index (χ3v) is 6.62. The Morgan fingerprint density at radius 3 is 2.54 bits per heavy atom. The van der Waals surface area contributed by atoms with E-state index in [9.17, 15) is 31.5 Å². The van der Waals surface area contributed by atoms with Crippen LogP contribution in [0.4, 0.5) is 27.8 Å². The fourth-order valence-electron chi connectivity index (χ4n) is 4.63. The average Bonchev–Trinajstić information content (AvgIpc) is 3.46. The van der Waals surface area contributed by atoms with Gasteiger partial charge in [-0.1, -0.05) is 24.3 Å². The van der Waals surface area contributed by atoms with Crippen LogP contribution in [0.2, 0.25) is 0 Å². The van der Waals surface area contributed by atoms with E-state index in [1.54, 1.807) is 6.92 Å². The number of hydrogen-bond donors (Lipinski definition) is 2. The van der Waals surface area contributed by atoms with E-state index < -0.39 is 47.1 Å². The normalized spacial score (nSPS) is 17.5. The fraction of sp³-hybridized carbons (Fsp3) is 0.231. The summed E-state index contributed by atoms with van der Waals surface area (Å²) in [6.07, 6.45) is -5.33. The van der Waals surface area contributed by atoms with Gasteiger partial charge in [-0.05, 0) is 36.8 Å². The maximum Gasteiger partial charge on any atom is 0.418 e. The number of nitrogens with one attached hydrogen (secondary N) is 1. The number of anilines is 1. The molecule has 0 spiro atoms. The lowest BCUT2D eigenvalue weighted by Crippen LogP contribution is -2.42. The van der Waals surface area contributed by atoms with Crippen molar-refractivity contribution in [1.82, 2.24) is 24.8 Å². The second-order valence-electron chi connectivity index (χ2n) is 9.16. The predicted molar refractivity (Wildman–Crippen MR) is 131 cm³/mol. The Balaban J connectivity index is 1.42. The highest BCUT2D eigenvalue weighted by molar-refractivity contribution is 5.98. The van der Waals surface area contributed by atoms with Crippen molar-refractivity contribution in [3.8, 4) is 11.3 Å². The van der Waals surface area contributed by atoms with E-state index in [0.717, 1.165) is 27.9 Å². The minimum Gasteiger partial charge on any atom is -0.382 e. The minimum atomic E-state index is -4.74. The second-order valence-corrected chi connectivity index (χ2v) is 9.16. The van der Waals surface area contributed by atoms with E-state index in [-0.39, 0.29) is 41.3 Å². The molecule has 2 amide bonds. The van der Waals surface area contributed by atoms with Crippen molar-refractivity contribution in [1.29, 1.82) is 0 Å². The van der Waals surface area contributed by atoms with Gasteiger partial charge >= 0.3 is 6.18 Å². The fourth-order valence-corrected chi connectivity index (χ4v) is 4.63. The first-order chi connectivity index (χ1) is 18.5. The first-order valence-electron chi connectivity index (χ1n) is 11.7. The summed E-state index contributed by atoms with van der Waals surface area (Å²) in [5.41, 5.74) is 4.87. The van der Waals surface area contributed by atoms with Crippen LogP contribution in [-0.2, 0) is 6.18 Å². The maximum atomic E-state index is 14.8. The van der Waals surface area contributed by atoms with Crippen LogP contribution in [0.3, 0.4) is 0 Å². The number of benzene rings is 2. The van der Waals surface area contributed by atoms with Gasteiger partial charge in [-0.15, -0.1) is 0 Å². The Morgan fingerprint density at radius 1 is 1.08 bits per heavy atom. The second kappa shape index (κ2) is 9.64. The van der Waals surface area contributed by atoms with Crippen molar-refractivity contribution in [3.05, 3.63) is 82.9 Å². The molecule has 2 atom stereocenters. The van der Waals surface area contributed by atoms with Crippen molar-refractivity contribution in [2.75, 3.05) is 18.8 Å². The molecule has 3 heterocycles. The molecule has 39 heavy (non-hydrogen) atoms. The third-order valence-electron chi connectivity index (χ3n) is 6.62. The highest BCUT2D eigenvalue weighted by Gasteiger charge is 2.38. The molecule has 0 saturated carbocycles. The molecule has 1 fully saturated rings. The lowest BCUT2D eigenvalue weighted by molar-refractivity contribution is -0.136. The third kappa shape index (κ3) is 4.75. The van der Waals surface area contributed by atoms with Gasteiger partial charge in [0, 0.05) is 17.7 Å². The molecule has 1 aliphatic heterocycles. The number of nitrogens with zero attached hydrogens (tertiary/aromatic N) is 4. The number of aryl methyl sites for hydroxylation is 1. The van der Waals surface area contributed by atoms with Crippen molar-refractivity contribution in [2.45, 2.75) is 25.3 Å². The van der Waals surface area contributed by atoms with Gasteiger partial charge in [0.2, 0.25) is 0 Å². The average molecular weight is 544 g/mol. The number of aromatic nitrogens is 3. The van der Waals surface area contributed by atoms with Crippen LogP contribution in [0, 0.1) is 12.7 Å². The number of carbonyl (C=O) groups excluding carboxylic acids is 2. The Kier molecular flexibility index (Phi) is 6.44. The molecule has 0 radical (unpaired) electrons. The molecule has 8 nitrogen and oxygen atoms in total. The lowest BCUT2D eigenvalue weighted by atomic mass is 10.0. The number of amides is 2. The van der Waals surface area contributed by atoms with Gasteiger partial charge in [0.15, 0.2) is 5.82 Å². The first kappa shape index (κ1) is 26.1. The summed E-state index contributed by atoms with van der Waals surface area (Å²) in [5, 5.41) is 6.47. The van der Waals surface area contributed by atoms with Crippen LogP contribution in [0.25, 0.3) is 16.8 Å². The smallest absolute Gasteiger partial charge is 0.382 e. The number of fused-ring (bicyclic) bond motifs is 1. The van der Waals surface area contributed by atoms with E-state index in [2.05, 4.69) is 15.4 Å². The summed E-state index contributed by atoms with van der Waals surface area (Å²) < 4.78 is 71.0. The molecule has 2 aromatic carbocycles. The van der Waals surface area contributed by atoms with Crippen molar-refractivity contribution < 1.29 is 31.5 Å². The molecule has 0 bridgehead atoms. The number of rotatable bonds is 4. The van der Waals surface area contributed by atoms with Gasteiger partial charge in [-0.2, -0.15) is 18.3 Å². The highest BCUT2D eigenvalue weighted by atomic mass is 19.4. The zero-order valence-corrected chi connectivity index (χ0v) is 20.3. The number of alkyl halides is 4. The minimum absolute atomic E-state index is 0.0198. The summed E-state index contributed by atoms with van der Waals surface area (Å²) in [6, 6.07) is 9.55. The SMILES string of the molecule is Cc1ccc(-c2cc(C(F)(F)F)c3c(N)ncnn23)cc1C(=O)N[C@@H]1CN(C(=O)c2ccccc2F)C[C@@H]1F. The quantitative estimate of drug-likeness (QED) is 0.378. The van der Waals surface area contributed by atoms with Gasteiger partial charge in [-0.3, -0.25) is 9.59 Å². The standard InChI is InChI=1S/C26H21F5N6O2/c1-13-6-7-14(21-9-17(26(29,30)31)22-23(32)33-12-34-37(21)22)8-16(13)24(38)35-20-11-36(10-19(20)28)25(39)15-4-2-3-5-18(15)27/h2-9,12,19-20H,10-11H2,1H3,(H,35,38)(H2,32,33,34)/t19-,20+/m0/s1. The molecule has 202 valence electrons. The van der Waals surface area contributed by atoms with Crippen LogP contribution in [0.1, 0.15) is 31.8 Å². The monoisotopic (exact) mass is 544 g/mol. The highest BCUT2D eigenvalue weighted by Crippen LogP contribution is 2.38. The largest absolute Gasteiger partial charge is 0.418 e. The number of hydrogen-bond acceptors (Lipinski definition) is 5. The summed E-state index contributed by atoms with van der Waals surface area (Å²) in [7, 11) is 0. The zero-order valence-electron chi connectivity index (χ0n) is 20.3. The molecule has 0 aliphatic carbocycles. The van der Waals surface area contributed by atoms with Crippen LogP contribution < -0.4 is 11.1 Å². The molecule has 4 aromatic rings. The summed E-state index contributed by atoms with van der Waals surface area (Å²) >= 11 is 0. The Bertz CT molecular complexity index is 1600. The molecule has 3 N–H and O–H groups in total. The Hall–Kier alpha value is -4.55. The van der Waals surface area contributed by atoms with Gasteiger partial charge < -0.3 is 16.0 Å². The van der Waals surface area contributed by atoms with E-state index in [0.29, 0.717) is 5.56 Å². The number of nitrogen functional groups attached to an aromatic ring is 1. The van der Waals surface area contributed by atoms with Gasteiger partial charge in [0.1, 0.15) is 23.8 Å². The van der Waals surface area contributed by atoms with Gasteiger partial charge in [0.25, 0.3) is 11.8 Å². The Labute approximate surface area is 218 Å².